The zero-order chi connectivity index (χ0) is 10.1. The van der Waals surface area contributed by atoms with Gasteiger partial charge in [-0.1, -0.05) is 11.6 Å². The molecule has 5 heteroatoms. The molecule has 0 aliphatic heterocycles. The van der Waals surface area contributed by atoms with Crippen molar-refractivity contribution >= 4 is 22.5 Å². The quantitative estimate of drug-likeness (QED) is 0.733. The highest BCUT2D eigenvalue weighted by atomic mass is 35.5. The van der Waals surface area contributed by atoms with E-state index in [1.54, 1.807) is 6.07 Å². The van der Waals surface area contributed by atoms with E-state index in [-0.39, 0.29) is 12.4 Å². The van der Waals surface area contributed by atoms with Gasteiger partial charge in [0.15, 0.2) is 0 Å². The van der Waals surface area contributed by atoms with Crippen molar-refractivity contribution < 1.29 is 4.39 Å². The number of benzene rings is 1. The molecule has 1 aromatic heterocycles. The lowest BCUT2D eigenvalue weighted by Crippen LogP contribution is -2.03. The number of nitrogens with two attached hydrogens (primary N) is 1. The summed E-state index contributed by atoms with van der Waals surface area (Å²) in [7, 11) is 0. The molecule has 72 valence electrons. The Morgan fingerprint density at radius 2 is 2.14 bits per heavy atom. The average molecular weight is 212 g/mol. The molecule has 3 nitrogen and oxygen atoms in total. The Balaban J connectivity index is 2.77. The van der Waals surface area contributed by atoms with Crippen LogP contribution in [0.3, 0.4) is 0 Å². The van der Waals surface area contributed by atoms with Gasteiger partial charge in [-0.05, 0) is 12.1 Å². The lowest BCUT2D eigenvalue weighted by atomic mass is 10.2. The maximum atomic E-state index is 12.9. The Hall–Kier alpha value is -1.26. The second-order valence-electron chi connectivity index (χ2n) is 2.80. The highest BCUT2D eigenvalue weighted by molar-refractivity contribution is 6.34. The van der Waals surface area contributed by atoms with Crippen LogP contribution in [0.1, 0.15) is 5.82 Å². The smallest absolute Gasteiger partial charge is 0.144 e. The number of rotatable bonds is 1. The molecule has 0 unspecified atom stereocenters. The first-order valence-electron chi connectivity index (χ1n) is 4.02. The third-order valence-corrected chi connectivity index (χ3v) is 2.13. The summed E-state index contributed by atoms with van der Waals surface area (Å²) in [6.45, 7) is 0.187. The molecule has 2 rings (SSSR count). The molecule has 0 amide bonds. The van der Waals surface area contributed by atoms with Gasteiger partial charge in [-0.3, -0.25) is 0 Å². The Bertz CT molecular complexity index is 487. The van der Waals surface area contributed by atoms with Crippen LogP contribution < -0.4 is 5.73 Å². The summed E-state index contributed by atoms with van der Waals surface area (Å²) in [6, 6.07) is 4.18. The molecule has 14 heavy (non-hydrogen) atoms. The summed E-state index contributed by atoms with van der Waals surface area (Å²) in [5.41, 5.74) is 5.85. The van der Waals surface area contributed by atoms with Gasteiger partial charge in [0.1, 0.15) is 16.8 Å². The van der Waals surface area contributed by atoms with Gasteiger partial charge < -0.3 is 5.73 Å². The number of fused-ring (bicyclic) bond motifs is 1. The Kier molecular flexibility index (Phi) is 2.31. The highest BCUT2D eigenvalue weighted by Gasteiger charge is 2.05. The van der Waals surface area contributed by atoms with Crippen LogP contribution >= 0.6 is 11.6 Å². The van der Waals surface area contributed by atoms with Gasteiger partial charge in [0.2, 0.25) is 0 Å². The van der Waals surface area contributed by atoms with E-state index >= 15 is 0 Å². The zero-order valence-corrected chi connectivity index (χ0v) is 7.92. The minimum absolute atomic E-state index is 0.187. The normalized spacial score (nSPS) is 10.8. The van der Waals surface area contributed by atoms with Gasteiger partial charge in [-0.25, -0.2) is 14.4 Å². The highest BCUT2D eigenvalue weighted by Crippen LogP contribution is 2.20. The number of hydrogen-bond donors (Lipinski definition) is 1. The molecular weight excluding hydrogens is 205 g/mol. The van der Waals surface area contributed by atoms with E-state index in [1.807, 2.05) is 0 Å². The lowest BCUT2D eigenvalue weighted by molar-refractivity contribution is 0.629. The minimum Gasteiger partial charge on any atom is -0.324 e. The molecule has 1 aromatic carbocycles. The SMILES string of the molecule is NCc1nc(Cl)c2ccc(F)cc2n1. The summed E-state index contributed by atoms with van der Waals surface area (Å²) in [4.78, 5) is 8.01. The van der Waals surface area contributed by atoms with Crippen LogP contribution in [0, 0.1) is 5.82 Å². The molecule has 0 radical (unpaired) electrons. The fraction of sp³-hybridized carbons (Fsp3) is 0.111. The maximum Gasteiger partial charge on any atom is 0.144 e. The number of aromatic nitrogens is 2. The van der Waals surface area contributed by atoms with E-state index in [2.05, 4.69) is 9.97 Å². The van der Waals surface area contributed by atoms with Gasteiger partial charge in [-0.2, -0.15) is 0 Å². The van der Waals surface area contributed by atoms with E-state index in [4.69, 9.17) is 17.3 Å². The van der Waals surface area contributed by atoms with Gasteiger partial charge in [0.05, 0.1) is 12.1 Å². The van der Waals surface area contributed by atoms with E-state index in [0.717, 1.165) is 0 Å². The van der Waals surface area contributed by atoms with Crippen LogP contribution in [0.4, 0.5) is 4.39 Å². The van der Waals surface area contributed by atoms with E-state index < -0.39 is 0 Å². The third kappa shape index (κ3) is 1.54. The van der Waals surface area contributed by atoms with Gasteiger partial charge in [-0.15, -0.1) is 0 Å². The Labute approximate surface area is 84.7 Å². The number of hydrogen-bond acceptors (Lipinski definition) is 3. The predicted molar refractivity (Wildman–Crippen MR) is 52.4 cm³/mol. The van der Waals surface area contributed by atoms with Crippen molar-refractivity contribution in [2.24, 2.45) is 5.73 Å². The van der Waals surface area contributed by atoms with Crippen molar-refractivity contribution in [1.29, 1.82) is 0 Å². The van der Waals surface area contributed by atoms with Crippen molar-refractivity contribution in [2.45, 2.75) is 6.54 Å². The van der Waals surface area contributed by atoms with Crippen molar-refractivity contribution in [3.63, 3.8) is 0 Å². The molecule has 0 aliphatic rings. The van der Waals surface area contributed by atoms with Crippen molar-refractivity contribution in [2.75, 3.05) is 0 Å². The molecule has 0 atom stereocenters. The lowest BCUT2D eigenvalue weighted by Gasteiger charge is -2.02. The predicted octanol–water partition coefficient (Wildman–Crippen LogP) is 1.88. The summed E-state index contributed by atoms with van der Waals surface area (Å²) >= 11 is 5.86. The van der Waals surface area contributed by atoms with Crippen LogP contribution in [0.5, 0.6) is 0 Å². The topological polar surface area (TPSA) is 51.8 Å². The third-order valence-electron chi connectivity index (χ3n) is 1.84. The van der Waals surface area contributed by atoms with Crippen LogP contribution in [-0.2, 0) is 6.54 Å². The summed E-state index contributed by atoms with van der Waals surface area (Å²) in [5, 5.41) is 0.931. The van der Waals surface area contributed by atoms with E-state index in [1.165, 1.54) is 12.1 Å². The molecule has 0 fully saturated rings. The fourth-order valence-corrected chi connectivity index (χ4v) is 1.46. The van der Waals surface area contributed by atoms with E-state index in [0.29, 0.717) is 21.9 Å². The number of nitrogens with zero attached hydrogens (tertiary/aromatic N) is 2. The standard InChI is InChI=1S/C9H7ClFN3/c10-9-6-2-1-5(11)3-7(6)13-8(4-12)14-9/h1-3H,4,12H2. The van der Waals surface area contributed by atoms with Crippen LogP contribution in [-0.4, -0.2) is 9.97 Å². The van der Waals surface area contributed by atoms with Crippen molar-refractivity contribution in [1.82, 2.24) is 9.97 Å². The average Bonchev–Trinajstić information content (AvgIpc) is 2.16. The summed E-state index contributed by atoms with van der Waals surface area (Å²) < 4.78 is 12.9. The molecule has 2 aromatic rings. The number of halogens is 2. The molecule has 0 bridgehead atoms. The first-order valence-corrected chi connectivity index (χ1v) is 4.40. The molecule has 1 heterocycles. The molecular formula is C9H7ClFN3. The largest absolute Gasteiger partial charge is 0.324 e. The van der Waals surface area contributed by atoms with Crippen LogP contribution in [0.2, 0.25) is 5.15 Å². The summed E-state index contributed by atoms with van der Waals surface area (Å²) in [5.74, 6) is 0.0586. The van der Waals surface area contributed by atoms with Gasteiger partial charge in [0, 0.05) is 11.5 Å². The minimum atomic E-state index is -0.352. The molecule has 0 spiro atoms. The summed E-state index contributed by atoms with van der Waals surface area (Å²) in [6.07, 6.45) is 0. The Morgan fingerprint density at radius 1 is 1.36 bits per heavy atom. The van der Waals surface area contributed by atoms with Gasteiger partial charge in [0.25, 0.3) is 0 Å². The molecule has 2 N–H and O–H groups in total. The first kappa shape index (κ1) is 9.30. The molecule has 0 saturated heterocycles. The van der Waals surface area contributed by atoms with Crippen molar-refractivity contribution in [3.8, 4) is 0 Å². The first-order chi connectivity index (χ1) is 6.70. The van der Waals surface area contributed by atoms with E-state index in [9.17, 15) is 4.39 Å². The second-order valence-corrected chi connectivity index (χ2v) is 3.15. The maximum absolute atomic E-state index is 12.9. The van der Waals surface area contributed by atoms with Crippen LogP contribution in [0.15, 0.2) is 18.2 Å². The zero-order valence-electron chi connectivity index (χ0n) is 7.17. The second kappa shape index (κ2) is 3.48. The van der Waals surface area contributed by atoms with Gasteiger partial charge >= 0.3 is 0 Å². The fourth-order valence-electron chi connectivity index (χ4n) is 1.20. The Morgan fingerprint density at radius 3 is 2.86 bits per heavy atom. The monoisotopic (exact) mass is 211 g/mol. The van der Waals surface area contributed by atoms with Crippen molar-refractivity contribution in [3.05, 3.63) is 35.0 Å². The van der Waals surface area contributed by atoms with Crippen LogP contribution in [0.25, 0.3) is 10.9 Å². The molecule has 0 saturated carbocycles. The molecule has 0 aliphatic carbocycles.